The number of aromatic nitrogens is 2. The first kappa shape index (κ1) is 21.6. The zero-order valence-corrected chi connectivity index (χ0v) is 20.2. The van der Waals surface area contributed by atoms with Crippen molar-refractivity contribution in [2.45, 2.75) is 71.5 Å². The predicted octanol–water partition coefficient (Wildman–Crippen LogP) is 6.55. The fourth-order valence-electron chi connectivity index (χ4n) is 4.30. The van der Waals surface area contributed by atoms with Crippen LogP contribution in [0.15, 0.2) is 40.3 Å². The standard InChI is InChI=1S/C25H32N2OS2/c1-5-6-14-29-24-26-22-21(23(28)27(24)16-17-10-8-7-9-11-17)19-13-12-18(25(2,3)4)15-20(19)30-22/h7-11,18H,5-6,12-16H2,1-4H3. The Kier molecular flexibility index (Phi) is 6.40. The first-order chi connectivity index (χ1) is 14.4. The van der Waals surface area contributed by atoms with E-state index in [1.54, 1.807) is 23.1 Å². The molecular formula is C25H32N2OS2. The van der Waals surface area contributed by atoms with E-state index in [-0.39, 0.29) is 5.56 Å². The molecule has 1 unspecified atom stereocenters. The smallest absolute Gasteiger partial charge is 0.263 e. The molecular weight excluding hydrogens is 408 g/mol. The van der Waals surface area contributed by atoms with E-state index in [1.807, 2.05) is 22.8 Å². The van der Waals surface area contributed by atoms with Crippen LogP contribution in [0.1, 0.15) is 63.0 Å². The molecule has 0 bridgehead atoms. The minimum atomic E-state index is 0.148. The van der Waals surface area contributed by atoms with Crippen LogP contribution in [0.2, 0.25) is 0 Å². The van der Waals surface area contributed by atoms with Crippen molar-refractivity contribution >= 4 is 33.3 Å². The molecule has 5 heteroatoms. The number of hydrogen-bond acceptors (Lipinski definition) is 4. The summed E-state index contributed by atoms with van der Waals surface area (Å²) in [6.07, 6.45) is 5.53. The largest absolute Gasteiger partial charge is 0.283 e. The molecule has 1 aliphatic carbocycles. The minimum Gasteiger partial charge on any atom is -0.283 e. The molecule has 0 aliphatic heterocycles. The molecule has 1 atom stereocenters. The van der Waals surface area contributed by atoms with Gasteiger partial charge in [0.25, 0.3) is 5.56 Å². The van der Waals surface area contributed by atoms with Crippen molar-refractivity contribution in [2.24, 2.45) is 11.3 Å². The van der Waals surface area contributed by atoms with Gasteiger partial charge in [-0.2, -0.15) is 0 Å². The molecule has 0 fully saturated rings. The van der Waals surface area contributed by atoms with Crippen molar-refractivity contribution in [1.82, 2.24) is 9.55 Å². The number of nitrogens with zero attached hydrogens (tertiary/aromatic N) is 2. The van der Waals surface area contributed by atoms with Crippen LogP contribution in [0, 0.1) is 11.3 Å². The van der Waals surface area contributed by atoms with Gasteiger partial charge in [0, 0.05) is 10.6 Å². The Morgan fingerprint density at radius 2 is 2.00 bits per heavy atom. The highest BCUT2D eigenvalue weighted by atomic mass is 32.2. The molecule has 0 saturated carbocycles. The van der Waals surface area contributed by atoms with Gasteiger partial charge >= 0.3 is 0 Å². The molecule has 3 aromatic rings. The summed E-state index contributed by atoms with van der Waals surface area (Å²) < 4.78 is 1.92. The lowest BCUT2D eigenvalue weighted by molar-refractivity contribution is 0.218. The quantitative estimate of drug-likeness (QED) is 0.248. The fourth-order valence-corrected chi connectivity index (χ4v) is 6.72. The summed E-state index contributed by atoms with van der Waals surface area (Å²) in [7, 11) is 0. The summed E-state index contributed by atoms with van der Waals surface area (Å²) in [5.41, 5.74) is 2.88. The Hall–Kier alpha value is -1.59. The van der Waals surface area contributed by atoms with Crippen LogP contribution in [0.3, 0.4) is 0 Å². The zero-order valence-electron chi connectivity index (χ0n) is 18.5. The second-order valence-electron chi connectivity index (χ2n) is 9.46. The highest BCUT2D eigenvalue weighted by Gasteiger charge is 2.32. The van der Waals surface area contributed by atoms with Gasteiger partial charge in [0.15, 0.2) is 5.16 Å². The summed E-state index contributed by atoms with van der Waals surface area (Å²) >= 11 is 3.49. The number of thiophene rings is 1. The monoisotopic (exact) mass is 440 g/mol. The van der Waals surface area contributed by atoms with Gasteiger partial charge in [-0.25, -0.2) is 4.98 Å². The number of hydrogen-bond donors (Lipinski definition) is 0. The second kappa shape index (κ2) is 8.88. The van der Waals surface area contributed by atoms with Crippen LogP contribution in [-0.2, 0) is 19.4 Å². The van der Waals surface area contributed by atoms with Crippen molar-refractivity contribution in [1.29, 1.82) is 0 Å². The summed E-state index contributed by atoms with van der Waals surface area (Å²) in [6.45, 7) is 9.80. The molecule has 2 aromatic heterocycles. The van der Waals surface area contributed by atoms with Gasteiger partial charge in [-0.15, -0.1) is 11.3 Å². The highest BCUT2D eigenvalue weighted by molar-refractivity contribution is 7.99. The van der Waals surface area contributed by atoms with E-state index in [4.69, 9.17) is 4.98 Å². The third-order valence-electron chi connectivity index (χ3n) is 6.27. The number of rotatable bonds is 6. The van der Waals surface area contributed by atoms with Crippen molar-refractivity contribution in [3.05, 3.63) is 56.7 Å². The lowest BCUT2D eigenvalue weighted by Gasteiger charge is -2.33. The maximum atomic E-state index is 13.7. The lowest BCUT2D eigenvalue weighted by atomic mass is 9.72. The summed E-state index contributed by atoms with van der Waals surface area (Å²) in [6, 6.07) is 10.3. The first-order valence-electron chi connectivity index (χ1n) is 11.1. The molecule has 0 radical (unpaired) electrons. The molecule has 30 heavy (non-hydrogen) atoms. The second-order valence-corrected chi connectivity index (χ2v) is 11.6. The number of thioether (sulfide) groups is 1. The molecule has 160 valence electrons. The number of fused-ring (bicyclic) bond motifs is 3. The van der Waals surface area contributed by atoms with E-state index in [2.05, 4.69) is 39.8 Å². The first-order valence-corrected chi connectivity index (χ1v) is 12.9. The molecule has 0 saturated heterocycles. The molecule has 0 amide bonds. The molecule has 2 heterocycles. The Bertz CT molecular complexity index is 1080. The Morgan fingerprint density at radius 1 is 1.23 bits per heavy atom. The number of aryl methyl sites for hydroxylation is 1. The van der Waals surface area contributed by atoms with E-state index in [0.29, 0.717) is 17.9 Å². The van der Waals surface area contributed by atoms with Gasteiger partial charge in [0.2, 0.25) is 0 Å². The average molecular weight is 441 g/mol. The van der Waals surface area contributed by atoms with Crippen molar-refractivity contribution in [2.75, 3.05) is 5.75 Å². The molecule has 3 nitrogen and oxygen atoms in total. The van der Waals surface area contributed by atoms with Crippen LogP contribution in [0.5, 0.6) is 0 Å². The predicted molar refractivity (Wildman–Crippen MR) is 130 cm³/mol. The molecule has 1 aromatic carbocycles. The van der Waals surface area contributed by atoms with Gasteiger partial charge < -0.3 is 0 Å². The SMILES string of the molecule is CCCCSc1nc2sc3c(c2c(=O)n1Cc1ccccc1)CCC(C(C)(C)C)C3. The molecule has 0 spiro atoms. The maximum Gasteiger partial charge on any atom is 0.263 e. The van der Waals surface area contributed by atoms with Crippen LogP contribution in [0.25, 0.3) is 10.2 Å². The van der Waals surface area contributed by atoms with Gasteiger partial charge in [0.05, 0.1) is 11.9 Å². The van der Waals surface area contributed by atoms with Crippen molar-refractivity contribution < 1.29 is 0 Å². The van der Waals surface area contributed by atoms with E-state index in [9.17, 15) is 4.79 Å². The third kappa shape index (κ3) is 4.38. The molecule has 0 N–H and O–H groups in total. The van der Waals surface area contributed by atoms with Crippen LogP contribution in [-0.4, -0.2) is 15.3 Å². The van der Waals surface area contributed by atoms with E-state index in [0.717, 1.165) is 58.8 Å². The normalized spacial score (nSPS) is 16.7. The Morgan fingerprint density at radius 3 is 2.70 bits per heavy atom. The van der Waals surface area contributed by atoms with Gasteiger partial charge in [0.1, 0.15) is 4.83 Å². The highest BCUT2D eigenvalue weighted by Crippen LogP contribution is 2.42. The van der Waals surface area contributed by atoms with E-state index >= 15 is 0 Å². The van der Waals surface area contributed by atoms with Crippen molar-refractivity contribution in [3.8, 4) is 0 Å². The molecule has 4 rings (SSSR count). The number of benzene rings is 1. The Labute approximate surface area is 187 Å². The third-order valence-corrected chi connectivity index (χ3v) is 8.48. The van der Waals surface area contributed by atoms with E-state index < -0.39 is 0 Å². The lowest BCUT2D eigenvalue weighted by Crippen LogP contribution is -2.27. The topological polar surface area (TPSA) is 34.9 Å². The van der Waals surface area contributed by atoms with Crippen LogP contribution >= 0.6 is 23.1 Å². The minimum absolute atomic E-state index is 0.148. The van der Waals surface area contributed by atoms with Crippen LogP contribution < -0.4 is 5.56 Å². The average Bonchev–Trinajstić information content (AvgIpc) is 3.08. The van der Waals surface area contributed by atoms with Gasteiger partial charge in [-0.1, -0.05) is 76.2 Å². The summed E-state index contributed by atoms with van der Waals surface area (Å²) in [4.78, 5) is 21.1. The molecule has 1 aliphatic rings. The summed E-state index contributed by atoms with van der Waals surface area (Å²) in [5.74, 6) is 1.67. The van der Waals surface area contributed by atoms with Crippen LogP contribution in [0.4, 0.5) is 0 Å². The summed E-state index contributed by atoms with van der Waals surface area (Å²) in [5, 5.41) is 1.76. The maximum absolute atomic E-state index is 13.7. The van der Waals surface area contributed by atoms with Gasteiger partial charge in [-0.05, 0) is 48.1 Å². The van der Waals surface area contributed by atoms with E-state index in [1.165, 1.54) is 10.4 Å². The fraction of sp³-hybridized carbons (Fsp3) is 0.520. The van der Waals surface area contributed by atoms with Crippen molar-refractivity contribution in [3.63, 3.8) is 0 Å². The number of unbranched alkanes of at least 4 members (excludes halogenated alkanes) is 1. The Balaban J connectivity index is 1.79. The van der Waals surface area contributed by atoms with Gasteiger partial charge in [-0.3, -0.25) is 9.36 Å². The zero-order chi connectivity index (χ0) is 21.3.